The zero-order chi connectivity index (χ0) is 24.0. The molecule has 5 rings (SSSR count). The predicted octanol–water partition coefficient (Wildman–Crippen LogP) is 4.06. The van der Waals surface area contributed by atoms with E-state index in [4.69, 9.17) is 4.98 Å². The number of amides is 2. The lowest BCUT2D eigenvalue weighted by atomic mass is 10.0. The third-order valence-corrected chi connectivity index (χ3v) is 6.99. The summed E-state index contributed by atoms with van der Waals surface area (Å²) in [7, 11) is 1.81. The SMILES string of the molecule is CC[C@@H]1C(=O)N(C)c2cnc(-n3ccc4cc(C(=O)NC(C)C)ccc43)nc2N1C1CCCC1. The number of hydrogen-bond acceptors (Lipinski definition) is 5. The number of nitrogens with zero attached hydrogens (tertiary/aromatic N) is 5. The highest BCUT2D eigenvalue weighted by Crippen LogP contribution is 2.39. The summed E-state index contributed by atoms with van der Waals surface area (Å²) in [5.41, 5.74) is 2.32. The Morgan fingerprint density at radius 1 is 1.21 bits per heavy atom. The molecule has 1 atom stereocenters. The first kappa shape index (κ1) is 22.4. The Morgan fingerprint density at radius 3 is 2.68 bits per heavy atom. The van der Waals surface area contributed by atoms with Gasteiger partial charge in [0.1, 0.15) is 11.7 Å². The number of benzene rings is 1. The monoisotopic (exact) mass is 460 g/mol. The lowest BCUT2D eigenvalue weighted by Gasteiger charge is -2.43. The number of carbonyl (C=O) groups is 2. The van der Waals surface area contributed by atoms with E-state index < -0.39 is 0 Å². The molecule has 34 heavy (non-hydrogen) atoms. The standard InChI is InChI=1S/C26H32N6O2/c1-5-20-25(34)30(4)22-15-27-26(29-23(22)32(20)19-8-6-7-9-19)31-13-12-17-14-18(10-11-21(17)31)24(33)28-16(2)3/h10-16,19-20H,5-9H2,1-4H3,(H,28,33)/t20-/m1/s1. The smallest absolute Gasteiger partial charge is 0.251 e. The van der Waals surface area contributed by atoms with Crippen LogP contribution in [-0.4, -0.2) is 51.5 Å². The van der Waals surface area contributed by atoms with Gasteiger partial charge >= 0.3 is 0 Å². The molecule has 1 aliphatic heterocycles. The molecule has 178 valence electrons. The highest BCUT2D eigenvalue weighted by Gasteiger charge is 2.41. The van der Waals surface area contributed by atoms with E-state index in [1.165, 1.54) is 12.8 Å². The van der Waals surface area contributed by atoms with Crippen molar-refractivity contribution < 1.29 is 9.59 Å². The molecule has 0 saturated heterocycles. The Morgan fingerprint density at radius 2 is 1.97 bits per heavy atom. The maximum atomic E-state index is 13.1. The number of nitrogens with one attached hydrogen (secondary N) is 1. The van der Waals surface area contributed by atoms with Gasteiger partial charge in [-0.25, -0.2) is 4.98 Å². The summed E-state index contributed by atoms with van der Waals surface area (Å²) in [5.74, 6) is 1.42. The summed E-state index contributed by atoms with van der Waals surface area (Å²) in [6.45, 7) is 5.96. The molecule has 3 aromatic rings. The zero-order valence-corrected chi connectivity index (χ0v) is 20.3. The van der Waals surface area contributed by atoms with Gasteiger partial charge in [-0.1, -0.05) is 19.8 Å². The fourth-order valence-electron chi connectivity index (χ4n) is 5.29. The van der Waals surface area contributed by atoms with Gasteiger partial charge in [-0.3, -0.25) is 14.2 Å². The van der Waals surface area contributed by atoms with Gasteiger partial charge in [0, 0.05) is 36.3 Å². The second-order valence-corrected chi connectivity index (χ2v) is 9.63. The first-order valence-electron chi connectivity index (χ1n) is 12.2. The van der Waals surface area contributed by atoms with Crippen LogP contribution in [0.3, 0.4) is 0 Å². The second kappa shape index (κ2) is 8.74. The maximum Gasteiger partial charge on any atom is 0.251 e. The zero-order valence-electron chi connectivity index (χ0n) is 20.3. The van der Waals surface area contributed by atoms with Crippen molar-refractivity contribution in [3.8, 4) is 5.95 Å². The van der Waals surface area contributed by atoms with E-state index in [0.29, 0.717) is 17.6 Å². The van der Waals surface area contributed by atoms with Crippen LogP contribution in [0.25, 0.3) is 16.9 Å². The van der Waals surface area contributed by atoms with Crippen LogP contribution < -0.4 is 15.1 Å². The second-order valence-electron chi connectivity index (χ2n) is 9.63. The van der Waals surface area contributed by atoms with Gasteiger partial charge in [0.05, 0.1) is 11.7 Å². The molecular formula is C26H32N6O2. The largest absolute Gasteiger partial charge is 0.350 e. The number of rotatable bonds is 5. The van der Waals surface area contributed by atoms with Crippen molar-refractivity contribution in [2.75, 3.05) is 16.8 Å². The van der Waals surface area contributed by atoms with Gasteiger partial charge in [0.15, 0.2) is 5.82 Å². The molecule has 1 N–H and O–H groups in total. The van der Waals surface area contributed by atoms with E-state index in [-0.39, 0.29) is 23.9 Å². The number of hydrogen-bond donors (Lipinski definition) is 1. The molecule has 1 aromatic carbocycles. The van der Waals surface area contributed by atoms with E-state index in [1.807, 2.05) is 55.9 Å². The third-order valence-electron chi connectivity index (χ3n) is 6.99. The fraction of sp³-hybridized carbons (Fsp3) is 0.462. The van der Waals surface area contributed by atoms with Crippen LogP contribution in [0.5, 0.6) is 0 Å². The van der Waals surface area contributed by atoms with Gasteiger partial charge in [-0.2, -0.15) is 4.98 Å². The van der Waals surface area contributed by atoms with Crippen LogP contribution >= 0.6 is 0 Å². The van der Waals surface area contributed by atoms with Crippen molar-refractivity contribution in [1.82, 2.24) is 19.9 Å². The van der Waals surface area contributed by atoms with E-state index in [0.717, 1.165) is 41.7 Å². The Bertz CT molecular complexity index is 1240. The summed E-state index contributed by atoms with van der Waals surface area (Å²) in [5, 5.41) is 3.89. The molecule has 1 saturated carbocycles. The average Bonchev–Trinajstić information content (AvgIpc) is 3.50. The van der Waals surface area contributed by atoms with E-state index in [1.54, 1.807) is 11.1 Å². The molecule has 0 radical (unpaired) electrons. The van der Waals surface area contributed by atoms with Crippen molar-refractivity contribution in [2.45, 2.75) is 71.0 Å². The normalized spacial score (nSPS) is 18.7. The quantitative estimate of drug-likeness (QED) is 0.621. The van der Waals surface area contributed by atoms with Crippen LogP contribution in [0.2, 0.25) is 0 Å². The van der Waals surface area contributed by atoms with Crippen LogP contribution in [0.4, 0.5) is 11.5 Å². The number of fused-ring (bicyclic) bond motifs is 2. The van der Waals surface area contributed by atoms with Gasteiger partial charge in [0.2, 0.25) is 11.9 Å². The van der Waals surface area contributed by atoms with Gasteiger partial charge in [0.25, 0.3) is 5.91 Å². The van der Waals surface area contributed by atoms with Gasteiger partial charge < -0.3 is 15.1 Å². The van der Waals surface area contributed by atoms with Gasteiger partial charge in [-0.15, -0.1) is 0 Å². The lowest BCUT2D eigenvalue weighted by Crippen LogP contribution is -2.55. The molecular weight excluding hydrogens is 428 g/mol. The lowest BCUT2D eigenvalue weighted by molar-refractivity contribution is -0.120. The van der Waals surface area contributed by atoms with Crippen molar-refractivity contribution in [2.24, 2.45) is 0 Å². The minimum Gasteiger partial charge on any atom is -0.350 e. The molecule has 3 heterocycles. The summed E-state index contributed by atoms with van der Waals surface area (Å²) in [6.07, 6.45) is 8.98. The highest BCUT2D eigenvalue weighted by atomic mass is 16.2. The van der Waals surface area contributed by atoms with Crippen molar-refractivity contribution >= 4 is 34.2 Å². The first-order valence-corrected chi connectivity index (χ1v) is 12.2. The van der Waals surface area contributed by atoms with Crippen molar-refractivity contribution in [3.05, 3.63) is 42.2 Å². The number of anilines is 2. The summed E-state index contributed by atoms with van der Waals surface area (Å²) < 4.78 is 1.95. The predicted molar refractivity (Wildman–Crippen MR) is 134 cm³/mol. The molecule has 1 aliphatic carbocycles. The van der Waals surface area contributed by atoms with Crippen LogP contribution in [0.15, 0.2) is 36.7 Å². The first-order chi connectivity index (χ1) is 16.4. The van der Waals surface area contributed by atoms with Gasteiger partial charge in [-0.05, 0) is 57.4 Å². The topological polar surface area (TPSA) is 83.4 Å². The Labute approximate surface area is 200 Å². The van der Waals surface area contributed by atoms with E-state index >= 15 is 0 Å². The highest BCUT2D eigenvalue weighted by molar-refractivity contribution is 6.04. The van der Waals surface area contributed by atoms with Crippen molar-refractivity contribution in [3.63, 3.8) is 0 Å². The number of carbonyl (C=O) groups excluding carboxylic acids is 2. The minimum atomic E-state index is -0.202. The molecule has 1 fully saturated rings. The molecule has 0 spiro atoms. The summed E-state index contributed by atoms with van der Waals surface area (Å²) in [4.78, 5) is 39.2. The Balaban J connectivity index is 1.57. The molecule has 2 amide bonds. The number of aromatic nitrogens is 3. The molecule has 8 heteroatoms. The maximum absolute atomic E-state index is 13.1. The van der Waals surface area contributed by atoms with E-state index in [9.17, 15) is 9.59 Å². The summed E-state index contributed by atoms with van der Waals surface area (Å²) in [6, 6.07) is 7.85. The van der Waals surface area contributed by atoms with Crippen molar-refractivity contribution in [1.29, 1.82) is 0 Å². The fourth-order valence-corrected chi connectivity index (χ4v) is 5.29. The molecule has 0 bridgehead atoms. The molecule has 2 aliphatic rings. The van der Waals surface area contributed by atoms with E-state index in [2.05, 4.69) is 22.1 Å². The molecule has 0 unspecified atom stereocenters. The van der Waals surface area contributed by atoms with Crippen LogP contribution in [-0.2, 0) is 4.79 Å². The molecule has 8 nitrogen and oxygen atoms in total. The van der Waals surface area contributed by atoms with Crippen LogP contribution in [0, 0.1) is 0 Å². The average molecular weight is 461 g/mol. The Kier molecular flexibility index (Phi) is 5.75. The third kappa shape index (κ3) is 3.71. The Hall–Kier alpha value is -3.42. The van der Waals surface area contributed by atoms with Crippen LogP contribution in [0.1, 0.15) is 63.2 Å². The molecule has 2 aromatic heterocycles. The minimum absolute atomic E-state index is 0.0801. The summed E-state index contributed by atoms with van der Waals surface area (Å²) >= 11 is 0. The number of likely N-dealkylation sites (N-methyl/N-ethyl adjacent to an activating group) is 1.